The lowest BCUT2D eigenvalue weighted by Gasteiger charge is -2.10. The molecule has 0 amide bonds. The van der Waals surface area contributed by atoms with Crippen LogP contribution in [0, 0.1) is 0 Å². The Hall–Kier alpha value is -1.44. The molecule has 2 nitrogen and oxygen atoms in total. The molecule has 0 N–H and O–H groups in total. The molecule has 0 aliphatic carbocycles. The van der Waals surface area contributed by atoms with E-state index in [1.807, 2.05) is 24.8 Å². The molecule has 0 radical (unpaired) electrons. The summed E-state index contributed by atoms with van der Waals surface area (Å²) < 4.78 is 0. The highest BCUT2D eigenvalue weighted by Crippen LogP contribution is 2.23. The second-order valence-corrected chi connectivity index (χ2v) is 3.17. The molecule has 0 saturated carbocycles. The first-order valence-corrected chi connectivity index (χ1v) is 4.53. The van der Waals surface area contributed by atoms with Gasteiger partial charge in [-0.25, -0.2) is 0 Å². The molecule has 1 aliphatic rings. The fourth-order valence-electron chi connectivity index (χ4n) is 1.54. The van der Waals surface area contributed by atoms with E-state index in [0.29, 0.717) is 5.92 Å². The summed E-state index contributed by atoms with van der Waals surface area (Å²) in [6, 6.07) is 4.16. The van der Waals surface area contributed by atoms with E-state index < -0.39 is 0 Å². The van der Waals surface area contributed by atoms with Crippen LogP contribution in [0.15, 0.2) is 41.8 Å². The van der Waals surface area contributed by atoms with E-state index in [1.54, 1.807) is 0 Å². The van der Waals surface area contributed by atoms with Gasteiger partial charge in [-0.15, -0.1) is 0 Å². The van der Waals surface area contributed by atoms with Gasteiger partial charge in [-0.2, -0.15) is 0 Å². The van der Waals surface area contributed by atoms with Crippen molar-refractivity contribution in [3.05, 3.63) is 42.4 Å². The van der Waals surface area contributed by atoms with Crippen LogP contribution in [-0.2, 0) is 0 Å². The van der Waals surface area contributed by atoms with Crippen LogP contribution >= 0.6 is 0 Å². The minimum atomic E-state index is 0.575. The summed E-state index contributed by atoms with van der Waals surface area (Å²) in [5.41, 5.74) is 1.35. The van der Waals surface area contributed by atoms with Crippen LogP contribution in [0.1, 0.15) is 24.3 Å². The third-order valence-electron chi connectivity index (χ3n) is 2.28. The van der Waals surface area contributed by atoms with E-state index in [-0.39, 0.29) is 0 Å². The van der Waals surface area contributed by atoms with Crippen LogP contribution < -0.4 is 0 Å². The van der Waals surface area contributed by atoms with E-state index in [1.165, 1.54) is 5.56 Å². The molecule has 0 fully saturated rings. The first-order valence-electron chi connectivity index (χ1n) is 4.53. The maximum atomic E-state index is 4.13. The molecule has 1 aromatic heterocycles. The number of hydrogen-bond acceptors (Lipinski definition) is 2. The first kappa shape index (κ1) is 8.17. The molecule has 1 atom stereocenters. The predicted molar refractivity (Wildman–Crippen MR) is 53.8 cm³/mol. The van der Waals surface area contributed by atoms with Crippen LogP contribution in [0.3, 0.4) is 0 Å². The monoisotopic (exact) mass is 172 g/mol. The summed E-state index contributed by atoms with van der Waals surface area (Å²) in [6.45, 7) is 0. The maximum absolute atomic E-state index is 4.13. The van der Waals surface area contributed by atoms with E-state index in [4.69, 9.17) is 0 Å². The lowest BCUT2D eigenvalue weighted by molar-refractivity contribution is 0.741. The smallest absolute Gasteiger partial charge is 0.0270 e. The largest absolute Gasteiger partial charge is 0.269 e. The highest BCUT2D eigenvalue weighted by Gasteiger charge is 2.09. The van der Waals surface area contributed by atoms with Gasteiger partial charge in [-0.3, -0.25) is 9.98 Å². The summed E-state index contributed by atoms with van der Waals surface area (Å²) >= 11 is 0. The molecule has 13 heavy (non-hydrogen) atoms. The predicted octanol–water partition coefficient (Wildman–Crippen LogP) is 2.54. The standard InChI is InChI=1S/C11H12N2/c1-2-10(3-7-12-6-1)11-4-8-13-9-5-11/h1,4-10H,2-3H2/t10-/m1/s1. The van der Waals surface area contributed by atoms with Crippen molar-refractivity contribution in [1.82, 2.24) is 4.98 Å². The molecule has 2 rings (SSSR count). The van der Waals surface area contributed by atoms with E-state index in [0.717, 1.165) is 12.8 Å². The number of aromatic nitrogens is 1. The average molecular weight is 172 g/mol. The fraction of sp³-hybridized carbons (Fsp3) is 0.273. The van der Waals surface area contributed by atoms with Gasteiger partial charge in [0.15, 0.2) is 0 Å². The summed E-state index contributed by atoms with van der Waals surface area (Å²) in [5, 5.41) is 0. The Morgan fingerprint density at radius 3 is 2.85 bits per heavy atom. The molecule has 2 heterocycles. The quantitative estimate of drug-likeness (QED) is 0.639. The second-order valence-electron chi connectivity index (χ2n) is 3.17. The maximum Gasteiger partial charge on any atom is 0.0270 e. The number of hydrogen-bond donors (Lipinski definition) is 0. The highest BCUT2D eigenvalue weighted by atomic mass is 14.7. The molecule has 0 spiro atoms. The minimum Gasteiger partial charge on any atom is -0.269 e. The number of pyridine rings is 1. The molecule has 2 heteroatoms. The Bertz CT molecular complexity index is 300. The Kier molecular flexibility index (Phi) is 2.51. The number of rotatable bonds is 1. The first-order chi connectivity index (χ1) is 6.47. The zero-order valence-electron chi connectivity index (χ0n) is 7.43. The van der Waals surface area contributed by atoms with E-state index in [9.17, 15) is 0 Å². The average Bonchev–Trinajstić information content (AvgIpc) is 2.47. The molecule has 0 unspecified atom stereocenters. The molecular weight excluding hydrogens is 160 g/mol. The zero-order valence-corrected chi connectivity index (χ0v) is 7.43. The van der Waals surface area contributed by atoms with Crippen molar-refractivity contribution in [2.45, 2.75) is 18.8 Å². The summed E-state index contributed by atoms with van der Waals surface area (Å²) in [4.78, 5) is 8.14. The fourth-order valence-corrected chi connectivity index (χ4v) is 1.54. The van der Waals surface area contributed by atoms with Crippen LogP contribution in [0.2, 0.25) is 0 Å². The Balaban J connectivity index is 2.17. The number of aliphatic imine (C=N–C) groups is 1. The topological polar surface area (TPSA) is 25.2 Å². The van der Waals surface area contributed by atoms with Crippen molar-refractivity contribution >= 4 is 6.21 Å². The zero-order chi connectivity index (χ0) is 8.93. The Morgan fingerprint density at radius 1 is 1.15 bits per heavy atom. The molecule has 66 valence electrons. The summed E-state index contributed by atoms with van der Waals surface area (Å²) in [6.07, 6.45) is 11.8. The van der Waals surface area contributed by atoms with E-state index >= 15 is 0 Å². The lowest BCUT2D eigenvalue weighted by atomic mass is 9.94. The van der Waals surface area contributed by atoms with Crippen LogP contribution in [-0.4, -0.2) is 11.2 Å². The summed E-state index contributed by atoms with van der Waals surface area (Å²) in [7, 11) is 0. The van der Waals surface area contributed by atoms with Gasteiger partial charge in [0.05, 0.1) is 0 Å². The third kappa shape index (κ3) is 2.02. The Morgan fingerprint density at radius 2 is 2.00 bits per heavy atom. The number of allylic oxidation sites excluding steroid dienone is 1. The summed E-state index contributed by atoms with van der Waals surface area (Å²) in [5.74, 6) is 0.575. The van der Waals surface area contributed by atoms with Crippen molar-refractivity contribution in [2.24, 2.45) is 4.99 Å². The van der Waals surface area contributed by atoms with E-state index in [2.05, 4.69) is 28.2 Å². The van der Waals surface area contributed by atoms with Gasteiger partial charge >= 0.3 is 0 Å². The molecular formula is C11H12N2. The van der Waals surface area contributed by atoms with Crippen molar-refractivity contribution in [1.29, 1.82) is 0 Å². The van der Waals surface area contributed by atoms with Gasteiger partial charge in [-0.1, -0.05) is 6.08 Å². The lowest BCUT2D eigenvalue weighted by Crippen LogP contribution is -1.97. The minimum absolute atomic E-state index is 0.575. The van der Waals surface area contributed by atoms with Crippen molar-refractivity contribution in [3.8, 4) is 0 Å². The van der Waals surface area contributed by atoms with Crippen molar-refractivity contribution < 1.29 is 0 Å². The van der Waals surface area contributed by atoms with Crippen LogP contribution in [0.5, 0.6) is 0 Å². The Labute approximate surface area is 78.0 Å². The van der Waals surface area contributed by atoms with Gasteiger partial charge < -0.3 is 0 Å². The number of nitrogens with zero attached hydrogens (tertiary/aromatic N) is 2. The molecule has 0 saturated heterocycles. The SMILES string of the molecule is C1=CN=CC[C@H](c2ccncc2)C1. The van der Waals surface area contributed by atoms with Gasteiger partial charge in [0.2, 0.25) is 0 Å². The molecule has 0 aromatic carbocycles. The molecule has 0 bridgehead atoms. The van der Waals surface area contributed by atoms with Crippen molar-refractivity contribution in [2.75, 3.05) is 0 Å². The third-order valence-corrected chi connectivity index (χ3v) is 2.28. The van der Waals surface area contributed by atoms with Crippen LogP contribution in [0.4, 0.5) is 0 Å². The van der Waals surface area contributed by atoms with Crippen LogP contribution in [0.25, 0.3) is 0 Å². The second kappa shape index (κ2) is 3.99. The molecule has 1 aliphatic heterocycles. The van der Waals surface area contributed by atoms with Gasteiger partial charge in [0.1, 0.15) is 0 Å². The normalized spacial score (nSPS) is 21.4. The van der Waals surface area contributed by atoms with Gasteiger partial charge in [0.25, 0.3) is 0 Å². The molecule has 1 aromatic rings. The van der Waals surface area contributed by atoms with Gasteiger partial charge in [0, 0.05) is 24.8 Å². The van der Waals surface area contributed by atoms with Gasteiger partial charge in [-0.05, 0) is 36.5 Å². The highest BCUT2D eigenvalue weighted by molar-refractivity contribution is 5.60. The van der Waals surface area contributed by atoms with Crippen molar-refractivity contribution in [3.63, 3.8) is 0 Å².